The Hall–Kier alpha value is -0.630. The van der Waals surface area contributed by atoms with Gasteiger partial charge in [-0.15, -0.1) is 0 Å². The van der Waals surface area contributed by atoms with Gasteiger partial charge in [-0.05, 0) is 0 Å². The molecule has 0 radical (unpaired) electrons. The Labute approximate surface area is 54.0 Å². The molecule has 0 spiro atoms. The molecule has 0 unspecified atom stereocenters. The fraction of sp³-hybridized carbons (Fsp3) is 0.800. The number of rotatable bonds is 2. The van der Waals surface area contributed by atoms with Gasteiger partial charge in [0.15, 0.2) is 0 Å². The summed E-state index contributed by atoms with van der Waals surface area (Å²) in [6, 6.07) is 2.08. The molecule has 1 heterocycles. The zero-order valence-corrected chi connectivity index (χ0v) is 5.15. The Morgan fingerprint density at radius 2 is 2.44 bits per heavy atom. The minimum absolute atomic E-state index is 0.130. The van der Waals surface area contributed by atoms with Gasteiger partial charge in [-0.2, -0.15) is 5.26 Å². The third kappa shape index (κ3) is 1.03. The standard InChI is InChI=1S/C5H10N4/c6-2-1-5(9-7)3-8-4-5/h8-9H,1,3-4,7H2. The van der Waals surface area contributed by atoms with E-state index in [0.717, 1.165) is 13.1 Å². The van der Waals surface area contributed by atoms with Crippen LogP contribution in [0, 0.1) is 11.3 Å². The van der Waals surface area contributed by atoms with Gasteiger partial charge in [-0.3, -0.25) is 11.3 Å². The Morgan fingerprint density at radius 1 is 1.78 bits per heavy atom. The number of nitrogens with zero attached hydrogens (tertiary/aromatic N) is 1. The second kappa shape index (κ2) is 2.31. The molecule has 4 nitrogen and oxygen atoms in total. The van der Waals surface area contributed by atoms with Gasteiger partial charge in [-0.25, -0.2) is 0 Å². The van der Waals surface area contributed by atoms with Gasteiger partial charge >= 0.3 is 0 Å². The van der Waals surface area contributed by atoms with Gasteiger partial charge in [0.25, 0.3) is 0 Å². The topological polar surface area (TPSA) is 73.9 Å². The summed E-state index contributed by atoms with van der Waals surface area (Å²) in [6.45, 7) is 1.61. The Bertz CT molecular complexity index is 127. The maximum absolute atomic E-state index is 8.32. The maximum Gasteiger partial charge on any atom is 0.0698 e. The molecule has 4 N–H and O–H groups in total. The third-order valence-corrected chi connectivity index (χ3v) is 1.65. The predicted octanol–water partition coefficient (Wildman–Crippen LogP) is -1.29. The van der Waals surface area contributed by atoms with Crippen LogP contribution in [-0.4, -0.2) is 18.6 Å². The van der Waals surface area contributed by atoms with Crippen LogP contribution in [0.1, 0.15) is 6.42 Å². The highest BCUT2D eigenvalue weighted by Gasteiger charge is 2.35. The molecule has 0 saturated carbocycles. The summed E-state index contributed by atoms with van der Waals surface area (Å²) in [4.78, 5) is 0. The molecule has 1 saturated heterocycles. The molecular weight excluding hydrogens is 116 g/mol. The van der Waals surface area contributed by atoms with E-state index in [4.69, 9.17) is 11.1 Å². The van der Waals surface area contributed by atoms with E-state index < -0.39 is 0 Å². The smallest absolute Gasteiger partial charge is 0.0698 e. The summed E-state index contributed by atoms with van der Waals surface area (Å²) in [6.07, 6.45) is 0.483. The van der Waals surface area contributed by atoms with Gasteiger partial charge < -0.3 is 5.32 Å². The van der Waals surface area contributed by atoms with Gasteiger partial charge in [0.2, 0.25) is 0 Å². The lowest BCUT2D eigenvalue weighted by molar-refractivity contribution is 0.221. The van der Waals surface area contributed by atoms with E-state index in [2.05, 4.69) is 16.8 Å². The molecule has 0 amide bonds. The van der Waals surface area contributed by atoms with Gasteiger partial charge in [0, 0.05) is 13.1 Å². The lowest BCUT2D eigenvalue weighted by Crippen LogP contribution is -2.69. The minimum Gasteiger partial charge on any atom is -0.313 e. The monoisotopic (exact) mass is 126 g/mol. The first-order chi connectivity index (χ1) is 4.33. The molecule has 0 aromatic carbocycles. The van der Waals surface area contributed by atoms with Crippen molar-refractivity contribution in [1.82, 2.24) is 10.7 Å². The van der Waals surface area contributed by atoms with Crippen LogP contribution >= 0.6 is 0 Å². The van der Waals surface area contributed by atoms with E-state index in [1.807, 2.05) is 0 Å². The van der Waals surface area contributed by atoms with Crippen molar-refractivity contribution in [3.63, 3.8) is 0 Å². The van der Waals surface area contributed by atoms with E-state index in [-0.39, 0.29) is 5.54 Å². The minimum atomic E-state index is -0.130. The van der Waals surface area contributed by atoms with Crippen LogP contribution in [0.2, 0.25) is 0 Å². The van der Waals surface area contributed by atoms with Crippen molar-refractivity contribution in [2.24, 2.45) is 5.84 Å². The highest BCUT2D eigenvalue weighted by Crippen LogP contribution is 2.12. The first kappa shape index (κ1) is 6.49. The van der Waals surface area contributed by atoms with E-state index >= 15 is 0 Å². The quantitative estimate of drug-likeness (QED) is 0.318. The van der Waals surface area contributed by atoms with Crippen LogP contribution in [0.4, 0.5) is 0 Å². The third-order valence-electron chi connectivity index (χ3n) is 1.65. The van der Waals surface area contributed by atoms with Crippen molar-refractivity contribution in [2.45, 2.75) is 12.0 Å². The summed E-state index contributed by atoms with van der Waals surface area (Å²) in [5.74, 6) is 5.21. The second-order valence-electron chi connectivity index (χ2n) is 2.36. The Morgan fingerprint density at radius 3 is 2.56 bits per heavy atom. The van der Waals surface area contributed by atoms with Crippen molar-refractivity contribution in [3.05, 3.63) is 0 Å². The molecule has 1 fully saturated rings. The van der Waals surface area contributed by atoms with Gasteiger partial charge in [0.1, 0.15) is 0 Å². The normalized spacial score (nSPS) is 22.2. The molecule has 0 bridgehead atoms. The Balaban J connectivity index is 2.39. The van der Waals surface area contributed by atoms with Crippen molar-refractivity contribution in [1.29, 1.82) is 5.26 Å². The zero-order valence-electron chi connectivity index (χ0n) is 5.15. The number of nitriles is 1. The van der Waals surface area contributed by atoms with Crippen LogP contribution in [-0.2, 0) is 0 Å². The van der Waals surface area contributed by atoms with E-state index in [9.17, 15) is 0 Å². The molecule has 9 heavy (non-hydrogen) atoms. The van der Waals surface area contributed by atoms with Gasteiger partial charge in [0.05, 0.1) is 18.0 Å². The van der Waals surface area contributed by atoms with Crippen molar-refractivity contribution in [2.75, 3.05) is 13.1 Å². The number of nitrogens with two attached hydrogens (primary N) is 1. The van der Waals surface area contributed by atoms with Gasteiger partial charge in [-0.1, -0.05) is 0 Å². The summed E-state index contributed by atoms with van der Waals surface area (Å²) in [7, 11) is 0. The fourth-order valence-corrected chi connectivity index (χ4v) is 0.856. The highest BCUT2D eigenvalue weighted by atomic mass is 15.3. The second-order valence-corrected chi connectivity index (χ2v) is 2.36. The fourth-order valence-electron chi connectivity index (χ4n) is 0.856. The zero-order chi connectivity index (χ0) is 6.74. The number of nitrogens with one attached hydrogen (secondary N) is 2. The number of hydrogen-bond donors (Lipinski definition) is 3. The lowest BCUT2D eigenvalue weighted by Gasteiger charge is -2.40. The predicted molar refractivity (Wildman–Crippen MR) is 33.2 cm³/mol. The molecule has 0 atom stereocenters. The van der Waals surface area contributed by atoms with Crippen molar-refractivity contribution in [3.8, 4) is 6.07 Å². The van der Waals surface area contributed by atoms with Crippen LogP contribution < -0.4 is 16.6 Å². The molecule has 1 aliphatic heterocycles. The molecular formula is C5H10N4. The average molecular weight is 126 g/mol. The van der Waals surface area contributed by atoms with Crippen LogP contribution in [0.25, 0.3) is 0 Å². The molecule has 1 rings (SSSR count). The SMILES string of the molecule is N#CCC1(NN)CNC1. The number of hydrazine groups is 1. The first-order valence-electron chi connectivity index (χ1n) is 2.88. The summed E-state index contributed by atoms with van der Waals surface area (Å²) in [5.41, 5.74) is 2.50. The van der Waals surface area contributed by atoms with Crippen LogP contribution in [0.3, 0.4) is 0 Å². The maximum atomic E-state index is 8.32. The van der Waals surface area contributed by atoms with Crippen molar-refractivity contribution < 1.29 is 0 Å². The van der Waals surface area contributed by atoms with E-state index in [0.29, 0.717) is 6.42 Å². The molecule has 0 aromatic rings. The van der Waals surface area contributed by atoms with E-state index in [1.165, 1.54) is 0 Å². The molecule has 4 heteroatoms. The molecule has 0 aliphatic carbocycles. The molecule has 50 valence electrons. The van der Waals surface area contributed by atoms with Crippen LogP contribution in [0.5, 0.6) is 0 Å². The van der Waals surface area contributed by atoms with Crippen molar-refractivity contribution >= 4 is 0 Å². The summed E-state index contributed by atoms with van der Waals surface area (Å²) >= 11 is 0. The highest BCUT2D eigenvalue weighted by molar-refractivity contribution is 5.04. The lowest BCUT2D eigenvalue weighted by atomic mass is 9.90. The summed E-state index contributed by atoms with van der Waals surface area (Å²) in [5, 5.41) is 11.4. The van der Waals surface area contributed by atoms with Crippen LogP contribution in [0.15, 0.2) is 0 Å². The largest absolute Gasteiger partial charge is 0.313 e. The number of hydrogen-bond acceptors (Lipinski definition) is 4. The molecule has 0 aromatic heterocycles. The van der Waals surface area contributed by atoms with E-state index in [1.54, 1.807) is 0 Å². The first-order valence-corrected chi connectivity index (χ1v) is 2.88. The average Bonchev–Trinajstić information content (AvgIpc) is 1.79. The molecule has 1 aliphatic rings. The summed E-state index contributed by atoms with van der Waals surface area (Å²) < 4.78 is 0. The Kier molecular flexibility index (Phi) is 1.67.